The molecule has 0 spiro atoms. The predicted molar refractivity (Wildman–Crippen MR) is 94.6 cm³/mol. The Balaban J connectivity index is 1.71. The summed E-state index contributed by atoms with van der Waals surface area (Å²) in [5, 5.41) is 4.04. The minimum atomic E-state index is -0.0575. The zero-order valence-corrected chi connectivity index (χ0v) is 13.8. The molecule has 0 unspecified atom stereocenters. The third-order valence-corrected chi connectivity index (χ3v) is 4.10. The highest BCUT2D eigenvalue weighted by molar-refractivity contribution is 6.05. The number of carbonyl (C=O) groups excluding carboxylic acids is 1. The van der Waals surface area contributed by atoms with Crippen LogP contribution in [0.3, 0.4) is 0 Å². The summed E-state index contributed by atoms with van der Waals surface area (Å²) in [4.78, 5) is 15.6. The molecule has 0 fully saturated rings. The summed E-state index contributed by atoms with van der Waals surface area (Å²) < 4.78 is 0. The molecule has 2 N–H and O–H groups in total. The molecule has 0 radical (unpaired) electrons. The maximum atomic E-state index is 12.4. The van der Waals surface area contributed by atoms with Crippen molar-refractivity contribution in [3.05, 3.63) is 71.4 Å². The fraction of sp³-hybridized carbons (Fsp3) is 0.250. The van der Waals surface area contributed by atoms with E-state index in [1.807, 2.05) is 30.5 Å². The predicted octanol–water partition coefficient (Wildman–Crippen LogP) is 4.40. The lowest BCUT2D eigenvalue weighted by molar-refractivity contribution is 0.0952. The molecule has 1 amide bonds. The van der Waals surface area contributed by atoms with E-state index >= 15 is 0 Å². The third kappa shape index (κ3) is 3.29. The molecule has 3 rings (SSSR count). The quantitative estimate of drug-likeness (QED) is 0.740. The molecule has 0 atom stereocenters. The lowest BCUT2D eigenvalue weighted by Crippen LogP contribution is -2.23. The van der Waals surface area contributed by atoms with Gasteiger partial charge in [0.1, 0.15) is 0 Å². The number of para-hydroxylation sites is 1. The molecule has 3 heteroatoms. The Labute approximate surface area is 136 Å². The van der Waals surface area contributed by atoms with E-state index in [9.17, 15) is 4.79 Å². The molecule has 3 nitrogen and oxygen atoms in total. The third-order valence-electron chi connectivity index (χ3n) is 4.10. The van der Waals surface area contributed by atoms with Crippen LogP contribution in [-0.4, -0.2) is 10.9 Å². The summed E-state index contributed by atoms with van der Waals surface area (Å²) in [5.74, 6) is -0.0575. The highest BCUT2D eigenvalue weighted by Gasteiger charge is 2.13. The minimum absolute atomic E-state index is 0.0575. The molecule has 0 saturated carbocycles. The van der Waals surface area contributed by atoms with Crippen LogP contribution in [0.2, 0.25) is 0 Å². The fourth-order valence-electron chi connectivity index (χ4n) is 2.67. The number of hydrogen-bond donors (Lipinski definition) is 2. The second-order valence-corrected chi connectivity index (χ2v) is 6.88. The molecule has 3 aromatic rings. The zero-order chi connectivity index (χ0) is 16.4. The SMILES string of the molecule is CC(C)(C)c1ccc(CNC(=O)c2cccc3cc[nH]c23)cc1. The number of fused-ring (bicyclic) bond motifs is 1. The number of rotatable bonds is 3. The average molecular weight is 306 g/mol. The molecular formula is C20H22N2O. The number of nitrogens with one attached hydrogen (secondary N) is 2. The summed E-state index contributed by atoms with van der Waals surface area (Å²) in [6.07, 6.45) is 1.85. The van der Waals surface area contributed by atoms with Gasteiger partial charge in [0.25, 0.3) is 5.91 Å². The Hall–Kier alpha value is -2.55. The first-order valence-electron chi connectivity index (χ1n) is 7.89. The Morgan fingerprint density at radius 2 is 1.78 bits per heavy atom. The lowest BCUT2D eigenvalue weighted by atomic mass is 9.87. The first-order valence-corrected chi connectivity index (χ1v) is 7.89. The number of carbonyl (C=O) groups is 1. The molecule has 0 aliphatic carbocycles. The van der Waals surface area contributed by atoms with Crippen LogP contribution < -0.4 is 5.32 Å². The minimum Gasteiger partial charge on any atom is -0.361 e. The van der Waals surface area contributed by atoms with E-state index < -0.39 is 0 Å². The van der Waals surface area contributed by atoms with Crippen LogP contribution in [0, 0.1) is 0 Å². The zero-order valence-electron chi connectivity index (χ0n) is 13.8. The Morgan fingerprint density at radius 3 is 2.48 bits per heavy atom. The Kier molecular flexibility index (Phi) is 3.95. The van der Waals surface area contributed by atoms with Gasteiger partial charge < -0.3 is 10.3 Å². The van der Waals surface area contributed by atoms with Gasteiger partial charge in [-0.05, 0) is 28.7 Å². The summed E-state index contributed by atoms with van der Waals surface area (Å²) in [6.45, 7) is 7.11. The molecule has 1 heterocycles. The van der Waals surface area contributed by atoms with Crippen molar-refractivity contribution in [2.45, 2.75) is 32.7 Å². The van der Waals surface area contributed by atoms with Gasteiger partial charge in [0.2, 0.25) is 0 Å². The highest BCUT2D eigenvalue weighted by atomic mass is 16.1. The number of hydrogen-bond acceptors (Lipinski definition) is 1. The second-order valence-electron chi connectivity index (χ2n) is 6.88. The van der Waals surface area contributed by atoms with Gasteiger partial charge >= 0.3 is 0 Å². The molecule has 0 saturated heterocycles. The number of aromatic amines is 1. The van der Waals surface area contributed by atoms with E-state index in [2.05, 4.69) is 55.3 Å². The molecule has 0 aliphatic heterocycles. The largest absolute Gasteiger partial charge is 0.361 e. The van der Waals surface area contributed by atoms with Gasteiger partial charge in [-0.1, -0.05) is 57.2 Å². The Morgan fingerprint density at radius 1 is 1.04 bits per heavy atom. The van der Waals surface area contributed by atoms with Gasteiger partial charge in [-0.25, -0.2) is 0 Å². The average Bonchev–Trinajstić information content (AvgIpc) is 3.00. The van der Waals surface area contributed by atoms with Crippen molar-refractivity contribution in [1.29, 1.82) is 0 Å². The number of H-pyrrole nitrogens is 1. The topological polar surface area (TPSA) is 44.9 Å². The summed E-state index contributed by atoms with van der Waals surface area (Å²) in [7, 11) is 0. The van der Waals surface area contributed by atoms with Crippen molar-refractivity contribution >= 4 is 16.8 Å². The first-order chi connectivity index (χ1) is 10.9. The van der Waals surface area contributed by atoms with Crippen LogP contribution in [0.4, 0.5) is 0 Å². The second kappa shape index (κ2) is 5.92. The summed E-state index contributed by atoms with van der Waals surface area (Å²) in [5.41, 5.74) is 4.10. The van der Waals surface area contributed by atoms with E-state index in [4.69, 9.17) is 0 Å². The van der Waals surface area contributed by atoms with E-state index in [1.165, 1.54) is 5.56 Å². The van der Waals surface area contributed by atoms with Crippen molar-refractivity contribution < 1.29 is 4.79 Å². The van der Waals surface area contributed by atoms with Crippen LogP contribution >= 0.6 is 0 Å². The van der Waals surface area contributed by atoms with Crippen LogP contribution in [-0.2, 0) is 12.0 Å². The van der Waals surface area contributed by atoms with Gasteiger partial charge in [-0.15, -0.1) is 0 Å². The lowest BCUT2D eigenvalue weighted by Gasteiger charge is -2.19. The van der Waals surface area contributed by atoms with E-state index in [1.54, 1.807) is 0 Å². The van der Waals surface area contributed by atoms with Crippen LogP contribution in [0.25, 0.3) is 10.9 Å². The van der Waals surface area contributed by atoms with Crippen LogP contribution in [0.1, 0.15) is 42.3 Å². The number of amides is 1. The Bertz CT molecular complexity index is 823. The maximum absolute atomic E-state index is 12.4. The molecule has 118 valence electrons. The smallest absolute Gasteiger partial charge is 0.253 e. The van der Waals surface area contributed by atoms with Crippen LogP contribution in [0.15, 0.2) is 54.7 Å². The summed E-state index contributed by atoms with van der Waals surface area (Å²) in [6, 6.07) is 16.1. The van der Waals surface area contributed by atoms with E-state index in [0.717, 1.165) is 16.5 Å². The van der Waals surface area contributed by atoms with Crippen molar-refractivity contribution in [1.82, 2.24) is 10.3 Å². The van der Waals surface area contributed by atoms with Crippen molar-refractivity contribution in [3.8, 4) is 0 Å². The monoisotopic (exact) mass is 306 g/mol. The van der Waals surface area contributed by atoms with Crippen molar-refractivity contribution in [3.63, 3.8) is 0 Å². The maximum Gasteiger partial charge on any atom is 0.253 e. The molecule has 23 heavy (non-hydrogen) atoms. The normalized spacial score (nSPS) is 11.6. The van der Waals surface area contributed by atoms with E-state index in [-0.39, 0.29) is 11.3 Å². The molecular weight excluding hydrogens is 284 g/mol. The van der Waals surface area contributed by atoms with Gasteiger partial charge in [0, 0.05) is 18.1 Å². The highest BCUT2D eigenvalue weighted by Crippen LogP contribution is 2.22. The number of aromatic nitrogens is 1. The number of benzene rings is 2. The molecule has 0 aliphatic rings. The van der Waals surface area contributed by atoms with Gasteiger partial charge in [-0.2, -0.15) is 0 Å². The van der Waals surface area contributed by atoms with Gasteiger partial charge in [0.05, 0.1) is 11.1 Å². The molecule has 1 aromatic heterocycles. The molecule has 2 aromatic carbocycles. The van der Waals surface area contributed by atoms with Crippen molar-refractivity contribution in [2.24, 2.45) is 0 Å². The standard InChI is InChI=1S/C20H22N2O/c1-20(2,3)16-9-7-14(8-10-16)13-22-19(23)17-6-4-5-15-11-12-21-18(15)17/h4-12,21H,13H2,1-3H3,(H,22,23). The van der Waals surface area contributed by atoms with Gasteiger partial charge in [-0.3, -0.25) is 4.79 Å². The van der Waals surface area contributed by atoms with Crippen molar-refractivity contribution in [2.75, 3.05) is 0 Å². The summed E-state index contributed by atoms with van der Waals surface area (Å²) >= 11 is 0. The van der Waals surface area contributed by atoms with E-state index in [0.29, 0.717) is 12.1 Å². The first kappa shape index (κ1) is 15.3. The van der Waals surface area contributed by atoms with Gasteiger partial charge in [0.15, 0.2) is 0 Å². The fourth-order valence-corrected chi connectivity index (χ4v) is 2.67. The van der Waals surface area contributed by atoms with Crippen LogP contribution in [0.5, 0.6) is 0 Å². The molecule has 0 bridgehead atoms.